The van der Waals surface area contributed by atoms with Crippen LogP contribution in [0.2, 0.25) is 0 Å². The van der Waals surface area contributed by atoms with Gasteiger partial charge in [0.15, 0.2) is 0 Å². The molecular formula is C20H22N6O2. The molecule has 1 aromatic carbocycles. The lowest BCUT2D eigenvalue weighted by Gasteiger charge is -2.13. The van der Waals surface area contributed by atoms with Crippen LogP contribution in [-0.4, -0.2) is 38.1 Å². The largest absolute Gasteiger partial charge is 0.352 e. The molecule has 0 aliphatic heterocycles. The number of carbonyl (C=O) groups excluding carboxylic acids is 2. The van der Waals surface area contributed by atoms with Gasteiger partial charge in [-0.15, -0.1) is 0 Å². The van der Waals surface area contributed by atoms with Crippen molar-refractivity contribution in [2.45, 2.75) is 19.9 Å². The number of hydrogen-bond donors (Lipinski definition) is 2. The Morgan fingerprint density at radius 1 is 1.04 bits per heavy atom. The molecule has 0 radical (unpaired) electrons. The number of carbonyl (C=O) groups is 2. The Balaban J connectivity index is 1.68. The van der Waals surface area contributed by atoms with E-state index in [0.717, 1.165) is 11.3 Å². The second-order valence-corrected chi connectivity index (χ2v) is 6.31. The molecule has 0 unspecified atom stereocenters. The fraction of sp³-hybridized carbons (Fsp3) is 0.250. The Labute approximate surface area is 163 Å². The highest BCUT2D eigenvalue weighted by Gasteiger charge is 2.15. The number of hydrogen-bond acceptors (Lipinski definition) is 5. The van der Waals surface area contributed by atoms with E-state index in [1.54, 1.807) is 42.2 Å². The lowest BCUT2D eigenvalue weighted by molar-refractivity contribution is 0.0934. The first-order valence-corrected chi connectivity index (χ1v) is 8.99. The molecule has 0 aliphatic rings. The maximum absolute atomic E-state index is 12.5. The van der Waals surface area contributed by atoms with E-state index in [4.69, 9.17) is 0 Å². The van der Waals surface area contributed by atoms with Gasteiger partial charge in [-0.05, 0) is 38.1 Å². The monoisotopic (exact) mass is 378 g/mol. The normalized spacial score (nSPS) is 11.7. The third-order valence-electron chi connectivity index (χ3n) is 4.29. The summed E-state index contributed by atoms with van der Waals surface area (Å²) in [5, 5.41) is 9.66. The summed E-state index contributed by atoms with van der Waals surface area (Å²) in [6.45, 7) is 4.29. The van der Waals surface area contributed by atoms with Crippen LogP contribution in [0.5, 0.6) is 0 Å². The lowest BCUT2D eigenvalue weighted by Crippen LogP contribution is -2.28. The Bertz CT molecular complexity index is 963. The van der Waals surface area contributed by atoms with Crippen LogP contribution in [0.4, 0.5) is 0 Å². The number of nitrogens with one attached hydrogen (secondary N) is 2. The van der Waals surface area contributed by atoms with E-state index >= 15 is 0 Å². The SMILES string of the molecule is CCNC(=O)c1ccc(-c2ccc(C(=O)N[C@H](C)c3ncnn3C)cc2)nc1. The summed E-state index contributed by atoms with van der Waals surface area (Å²) in [5.74, 6) is 0.341. The van der Waals surface area contributed by atoms with Gasteiger partial charge in [-0.1, -0.05) is 12.1 Å². The molecule has 2 heterocycles. The quantitative estimate of drug-likeness (QED) is 0.684. The fourth-order valence-electron chi connectivity index (χ4n) is 2.80. The third-order valence-corrected chi connectivity index (χ3v) is 4.29. The minimum Gasteiger partial charge on any atom is -0.352 e. The molecule has 3 aromatic rings. The molecular weight excluding hydrogens is 356 g/mol. The molecule has 1 atom stereocenters. The molecule has 0 saturated heterocycles. The van der Waals surface area contributed by atoms with Gasteiger partial charge in [0.1, 0.15) is 12.2 Å². The maximum Gasteiger partial charge on any atom is 0.252 e. The van der Waals surface area contributed by atoms with Gasteiger partial charge in [0.25, 0.3) is 11.8 Å². The van der Waals surface area contributed by atoms with E-state index in [2.05, 4.69) is 25.7 Å². The highest BCUT2D eigenvalue weighted by molar-refractivity contribution is 5.95. The van der Waals surface area contributed by atoms with Crippen molar-refractivity contribution >= 4 is 11.8 Å². The molecule has 0 fully saturated rings. The van der Waals surface area contributed by atoms with Gasteiger partial charge in [0, 0.05) is 30.9 Å². The number of aromatic nitrogens is 4. The first kappa shape index (κ1) is 19.2. The van der Waals surface area contributed by atoms with E-state index in [1.165, 1.54) is 6.33 Å². The van der Waals surface area contributed by atoms with Crippen molar-refractivity contribution in [1.82, 2.24) is 30.4 Å². The van der Waals surface area contributed by atoms with Gasteiger partial charge in [-0.25, -0.2) is 4.98 Å². The minimum atomic E-state index is -0.261. The summed E-state index contributed by atoms with van der Waals surface area (Å²) >= 11 is 0. The highest BCUT2D eigenvalue weighted by Crippen LogP contribution is 2.18. The first-order valence-electron chi connectivity index (χ1n) is 8.99. The van der Waals surface area contributed by atoms with Crippen molar-refractivity contribution in [3.63, 3.8) is 0 Å². The van der Waals surface area contributed by atoms with Crippen molar-refractivity contribution in [2.24, 2.45) is 7.05 Å². The fourth-order valence-corrected chi connectivity index (χ4v) is 2.80. The van der Waals surface area contributed by atoms with Gasteiger partial charge in [-0.2, -0.15) is 5.10 Å². The Kier molecular flexibility index (Phi) is 5.78. The van der Waals surface area contributed by atoms with Gasteiger partial charge >= 0.3 is 0 Å². The second-order valence-electron chi connectivity index (χ2n) is 6.31. The summed E-state index contributed by atoms with van der Waals surface area (Å²) in [5.41, 5.74) is 2.64. The highest BCUT2D eigenvalue weighted by atomic mass is 16.2. The zero-order valence-corrected chi connectivity index (χ0v) is 16.0. The molecule has 0 aliphatic carbocycles. The van der Waals surface area contributed by atoms with Crippen LogP contribution < -0.4 is 10.6 Å². The predicted molar refractivity (Wildman–Crippen MR) is 105 cm³/mol. The summed E-state index contributed by atoms with van der Waals surface area (Å²) in [6, 6.07) is 10.4. The predicted octanol–water partition coefficient (Wildman–Crippen LogP) is 2.12. The van der Waals surface area contributed by atoms with E-state index in [1.807, 2.05) is 26.0 Å². The van der Waals surface area contributed by atoms with Gasteiger partial charge in [0.2, 0.25) is 0 Å². The number of nitrogens with zero attached hydrogens (tertiary/aromatic N) is 4. The Morgan fingerprint density at radius 2 is 1.75 bits per heavy atom. The van der Waals surface area contributed by atoms with Crippen LogP contribution in [0.1, 0.15) is 46.4 Å². The van der Waals surface area contributed by atoms with Crippen molar-refractivity contribution in [3.05, 3.63) is 65.9 Å². The second kappa shape index (κ2) is 8.43. The standard InChI is InChI=1S/C20H22N6O2/c1-4-21-19(27)16-9-10-17(22-11-16)14-5-7-15(8-6-14)20(28)25-13(2)18-23-12-24-26(18)3/h5-13H,4H2,1-3H3,(H,21,27)(H,25,28)/t13-/m1/s1. The number of aryl methyl sites for hydroxylation is 1. The molecule has 8 nitrogen and oxygen atoms in total. The smallest absolute Gasteiger partial charge is 0.252 e. The topological polar surface area (TPSA) is 102 Å². The zero-order valence-electron chi connectivity index (χ0n) is 16.0. The average Bonchev–Trinajstić information content (AvgIpc) is 3.14. The van der Waals surface area contributed by atoms with E-state index in [0.29, 0.717) is 23.5 Å². The van der Waals surface area contributed by atoms with Gasteiger partial charge in [0.05, 0.1) is 17.3 Å². The first-order chi connectivity index (χ1) is 13.5. The van der Waals surface area contributed by atoms with Crippen molar-refractivity contribution < 1.29 is 9.59 Å². The van der Waals surface area contributed by atoms with Crippen molar-refractivity contribution in [2.75, 3.05) is 6.54 Å². The third kappa shape index (κ3) is 4.22. The van der Waals surface area contributed by atoms with E-state index in [-0.39, 0.29) is 17.9 Å². The molecule has 0 bridgehead atoms. The van der Waals surface area contributed by atoms with Crippen LogP contribution in [0.15, 0.2) is 48.9 Å². The summed E-state index contributed by atoms with van der Waals surface area (Å²) in [6.07, 6.45) is 3.00. The van der Waals surface area contributed by atoms with E-state index in [9.17, 15) is 9.59 Å². The molecule has 0 spiro atoms. The molecule has 2 aromatic heterocycles. The molecule has 3 rings (SSSR count). The number of amides is 2. The van der Waals surface area contributed by atoms with Crippen LogP contribution in [0.3, 0.4) is 0 Å². The van der Waals surface area contributed by atoms with Crippen molar-refractivity contribution in [1.29, 1.82) is 0 Å². The average molecular weight is 378 g/mol. The molecule has 0 saturated carbocycles. The lowest BCUT2D eigenvalue weighted by atomic mass is 10.1. The number of benzene rings is 1. The van der Waals surface area contributed by atoms with Crippen molar-refractivity contribution in [3.8, 4) is 11.3 Å². The Hall–Kier alpha value is -3.55. The molecule has 2 amide bonds. The van der Waals surface area contributed by atoms with Crippen LogP contribution in [0.25, 0.3) is 11.3 Å². The summed E-state index contributed by atoms with van der Waals surface area (Å²) in [7, 11) is 1.78. The zero-order chi connectivity index (χ0) is 20.1. The van der Waals surface area contributed by atoms with Crippen LogP contribution in [0, 0.1) is 0 Å². The summed E-state index contributed by atoms with van der Waals surface area (Å²) < 4.78 is 1.63. The molecule has 28 heavy (non-hydrogen) atoms. The minimum absolute atomic E-state index is 0.148. The number of rotatable bonds is 6. The molecule has 2 N–H and O–H groups in total. The van der Waals surface area contributed by atoms with Crippen LogP contribution in [-0.2, 0) is 7.05 Å². The van der Waals surface area contributed by atoms with Crippen LogP contribution >= 0.6 is 0 Å². The van der Waals surface area contributed by atoms with E-state index < -0.39 is 0 Å². The maximum atomic E-state index is 12.5. The Morgan fingerprint density at radius 3 is 2.32 bits per heavy atom. The number of pyridine rings is 1. The van der Waals surface area contributed by atoms with Gasteiger partial charge in [-0.3, -0.25) is 19.3 Å². The molecule has 8 heteroatoms. The molecule has 144 valence electrons. The summed E-state index contributed by atoms with van der Waals surface area (Å²) in [4.78, 5) is 32.7. The van der Waals surface area contributed by atoms with Gasteiger partial charge < -0.3 is 10.6 Å².